The Morgan fingerprint density at radius 2 is 1.86 bits per heavy atom. The van der Waals surface area contributed by atoms with Crippen molar-refractivity contribution in [1.82, 2.24) is 19.7 Å². The van der Waals surface area contributed by atoms with E-state index in [1.807, 2.05) is 50.2 Å². The number of ether oxygens (including phenoxy) is 1. The molecule has 3 heterocycles. The minimum absolute atomic E-state index is 0.0573. The topological polar surface area (TPSA) is 109 Å². The Bertz CT molecular complexity index is 1400. The van der Waals surface area contributed by atoms with Gasteiger partial charge in [0.1, 0.15) is 6.26 Å². The lowest BCUT2D eigenvalue weighted by Gasteiger charge is -2.26. The highest BCUT2D eigenvalue weighted by atomic mass is 32.2. The van der Waals surface area contributed by atoms with Gasteiger partial charge in [-0.1, -0.05) is 18.2 Å². The number of pyridine rings is 1. The quantitative estimate of drug-likeness (QED) is 0.418. The van der Waals surface area contributed by atoms with Crippen LogP contribution in [0.5, 0.6) is 0 Å². The van der Waals surface area contributed by atoms with Gasteiger partial charge < -0.3 is 19.9 Å². The lowest BCUT2D eigenvalue weighted by Crippen LogP contribution is -2.40. The van der Waals surface area contributed by atoms with Crippen molar-refractivity contribution in [1.29, 1.82) is 0 Å². The Balaban J connectivity index is 1.53. The van der Waals surface area contributed by atoms with Gasteiger partial charge in [0.25, 0.3) is 10.9 Å². The summed E-state index contributed by atoms with van der Waals surface area (Å²) in [5.74, 6) is 0.518. The number of aromatic nitrogens is 3. The summed E-state index contributed by atoms with van der Waals surface area (Å²) in [7, 11) is 0. The van der Waals surface area contributed by atoms with Crippen molar-refractivity contribution in [2.45, 2.75) is 24.4 Å². The van der Waals surface area contributed by atoms with E-state index in [0.717, 1.165) is 22.1 Å². The molecule has 2 aromatic heterocycles. The maximum absolute atomic E-state index is 13.1. The first-order valence-electron chi connectivity index (χ1n) is 11.8. The van der Waals surface area contributed by atoms with Crippen LogP contribution < -0.4 is 5.73 Å². The largest absolute Gasteiger partial charge is 0.610 e. The molecule has 36 heavy (non-hydrogen) atoms. The van der Waals surface area contributed by atoms with Crippen molar-refractivity contribution in [3.8, 4) is 16.9 Å². The van der Waals surface area contributed by atoms with Gasteiger partial charge in [0.05, 0.1) is 24.1 Å². The highest BCUT2D eigenvalue weighted by Crippen LogP contribution is 2.28. The Kier molecular flexibility index (Phi) is 6.57. The monoisotopic (exact) mass is 503 g/mol. The highest BCUT2D eigenvalue weighted by Gasteiger charge is 2.24. The third kappa shape index (κ3) is 4.75. The number of rotatable bonds is 5. The summed E-state index contributed by atoms with van der Waals surface area (Å²) in [4.78, 5) is 19.5. The van der Waals surface area contributed by atoms with Crippen molar-refractivity contribution in [2.24, 2.45) is 5.73 Å². The lowest BCUT2D eigenvalue weighted by molar-refractivity contribution is 0.0303. The molecule has 2 N–H and O–H groups in total. The van der Waals surface area contributed by atoms with Gasteiger partial charge in [-0.25, -0.2) is 9.67 Å². The van der Waals surface area contributed by atoms with E-state index in [4.69, 9.17) is 10.5 Å². The summed E-state index contributed by atoms with van der Waals surface area (Å²) in [5.41, 5.74) is 10.1. The van der Waals surface area contributed by atoms with Crippen LogP contribution in [0.4, 0.5) is 0 Å². The fourth-order valence-corrected chi connectivity index (χ4v) is 5.02. The molecule has 0 radical (unpaired) electrons. The molecule has 186 valence electrons. The minimum Gasteiger partial charge on any atom is -0.610 e. The molecule has 0 saturated carbocycles. The molecule has 1 amide bonds. The fraction of sp³-hybridized carbons (Fsp3) is 0.296. The van der Waals surface area contributed by atoms with Gasteiger partial charge in [0.2, 0.25) is 0 Å². The molecule has 1 aliphatic rings. The molecule has 1 aliphatic heterocycles. The van der Waals surface area contributed by atoms with Crippen molar-refractivity contribution < 1.29 is 14.1 Å². The van der Waals surface area contributed by atoms with Crippen LogP contribution >= 0.6 is 0 Å². The van der Waals surface area contributed by atoms with Gasteiger partial charge in [0.15, 0.2) is 5.82 Å². The summed E-state index contributed by atoms with van der Waals surface area (Å²) in [6.07, 6.45) is 3.39. The zero-order valence-corrected chi connectivity index (χ0v) is 21.4. The van der Waals surface area contributed by atoms with Crippen molar-refractivity contribution in [3.05, 3.63) is 71.9 Å². The van der Waals surface area contributed by atoms with Gasteiger partial charge >= 0.3 is 0 Å². The summed E-state index contributed by atoms with van der Waals surface area (Å²) in [6.45, 7) is 6.14. The summed E-state index contributed by atoms with van der Waals surface area (Å²) >= 11 is -1.31. The zero-order chi connectivity index (χ0) is 25.4. The molecule has 1 fully saturated rings. The Morgan fingerprint density at radius 1 is 1.08 bits per heavy atom. The average molecular weight is 504 g/mol. The van der Waals surface area contributed by atoms with Crippen LogP contribution in [0.25, 0.3) is 27.8 Å². The van der Waals surface area contributed by atoms with E-state index in [1.165, 1.54) is 0 Å². The number of hydrogen-bond acceptors (Lipinski definition) is 6. The van der Waals surface area contributed by atoms with E-state index < -0.39 is 16.7 Å². The Labute approximate surface area is 213 Å². The Hall–Kier alpha value is -3.24. The van der Waals surface area contributed by atoms with E-state index in [-0.39, 0.29) is 5.91 Å². The summed E-state index contributed by atoms with van der Waals surface area (Å²) in [5, 5.41) is 5.81. The fourth-order valence-electron chi connectivity index (χ4n) is 4.34. The molecule has 0 aliphatic carbocycles. The summed E-state index contributed by atoms with van der Waals surface area (Å²) < 4.78 is 19.5. The number of amides is 1. The maximum atomic E-state index is 13.1. The van der Waals surface area contributed by atoms with Crippen LogP contribution in [-0.2, 0) is 21.5 Å². The number of benzene rings is 2. The second-order valence-corrected chi connectivity index (χ2v) is 10.8. The number of hydrogen-bond donors (Lipinski definition) is 1. The molecule has 9 heteroatoms. The third-order valence-electron chi connectivity index (χ3n) is 6.37. The smallest absolute Gasteiger partial charge is 0.271 e. The molecular weight excluding hydrogens is 474 g/mol. The molecule has 5 rings (SSSR count). The van der Waals surface area contributed by atoms with Crippen molar-refractivity contribution in [3.63, 3.8) is 0 Å². The first kappa shape index (κ1) is 24.5. The van der Waals surface area contributed by atoms with Crippen LogP contribution in [-0.4, -0.2) is 62.7 Å². The molecule has 1 atom stereocenters. The van der Waals surface area contributed by atoms with Crippen LogP contribution in [0.3, 0.4) is 0 Å². The standard InChI is InChI=1S/C27H29N5O3S/c1-27(2,28)21-6-4-5-18(15-21)20-8-10-24(29-17-20)32-23-16-19(26(33)31-11-13-35-14-12-31)7-9-22(23)25(30-32)36(3)34/h4-10,15-17H,11-14,28H2,1-3H3. The second kappa shape index (κ2) is 9.67. The van der Waals surface area contributed by atoms with Crippen LogP contribution in [0.2, 0.25) is 0 Å². The van der Waals surface area contributed by atoms with Crippen LogP contribution in [0, 0.1) is 0 Å². The minimum atomic E-state index is -1.31. The van der Waals surface area contributed by atoms with E-state index in [0.29, 0.717) is 48.2 Å². The predicted octanol–water partition coefficient (Wildman–Crippen LogP) is 3.49. The molecule has 1 saturated heterocycles. The molecule has 0 spiro atoms. The first-order valence-corrected chi connectivity index (χ1v) is 13.4. The molecule has 4 aromatic rings. The van der Waals surface area contributed by atoms with Crippen LogP contribution in [0.15, 0.2) is 65.8 Å². The molecule has 1 unspecified atom stereocenters. The number of nitrogens with zero attached hydrogens (tertiary/aromatic N) is 4. The van der Waals surface area contributed by atoms with Crippen molar-refractivity contribution >= 4 is 28.0 Å². The molecule has 8 nitrogen and oxygen atoms in total. The van der Waals surface area contributed by atoms with Gasteiger partial charge in [-0.05, 0) is 61.4 Å². The van der Waals surface area contributed by atoms with E-state index in [9.17, 15) is 9.35 Å². The van der Waals surface area contributed by atoms with E-state index in [1.54, 1.807) is 34.2 Å². The average Bonchev–Trinajstić information content (AvgIpc) is 3.28. The second-order valence-electron chi connectivity index (χ2n) is 9.52. The van der Waals surface area contributed by atoms with Crippen LogP contribution in [0.1, 0.15) is 29.8 Å². The first-order chi connectivity index (χ1) is 17.2. The van der Waals surface area contributed by atoms with Gasteiger partial charge in [-0.2, -0.15) is 0 Å². The molecule has 2 aromatic carbocycles. The van der Waals surface area contributed by atoms with E-state index >= 15 is 0 Å². The zero-order valence-electron chi connectivity index (χ0n) is 20.6. The highest BCUT2D eigenvalue weighted by molar-refractivity contribution is 7.90. The number of carbonyl (C=O) groups excluding carboxylic acids is 1. The number of carbonyl (C=O) groups is 1. The lowest BCUT2D eigenvalue weighted by atomic mass is 9.93. The third-order valence-corrected chi connectivity index (χ3v) is 7.22. The van der Waals surface area contributed by atoms with Gasteiger partial charge in [0, 0.05) is 47.1 Å². The normalized spacial score (nSPS) is 15.3. The van der Waals surface area contributed by atoms with Gasteiger partial charge in [-0.3, -0.25) is 4.79 Å². The number of nitrogens with two attached hydrogens (primary N) is 1. The SMILES string of the molecule is C[S+]([O-])c1nn(-c2ccc(-c3cccc(C(C)(C)N)c3)cn2)c2cc(C(=O)N3CCOCC3)ccc12. The maximum Gasteiger partial charge on any atom is 0.271 e. The number of morpholine rings is 1. The van der Waals surface area contributed by atoms with Crippen molar-refractivity contribution in [2.75, 3.05) is 32.6 Å². The number of fused-ring (bicyclic) bond motifs is 1. The Morgan fingerprint density at radius 3 is 2.53 bits per heavy atom. The predicted molar refractivity (Wildman–Crippen MR) is 141 cm³/mol. The molecular formula is C27H29N5O3S. The van der Waals surface area contributed by atoms with Gasteiger partial charge in [-0.15, -0.1) is 5.10 Å². The van der Waals surface area contributed by atoms with E-state index in [2.05, 4.69) is 16.1 Å². The summed E-state index contributed by atoms with van der Waals surface area (Å²) in [6, 6.07) is 17.3. The molecule has 0 bridgehead atoms.